The lowest BCUT2D eigenvalue weighted by Gasteiger charge is -2.36. The molecule has 1 atom stereocenters. The Morgan fingerprint density at radius 2 is 2.32 bits per heavy atom. The number of carbonyl (C=O) groups is 1. The van der Waals surface area contributed by atoms with Crippen molar-refractivity contribution in [1.29, 1.82) is 0 Å². The van der Waals surface area contributed by atoms with Crippen molar-refractivity contribution in [2.45, 2.75) is 26.3 Å². The van der Waals surface area contributed by atoms with E-state index in [1.807, 2.05) is 17.0 Å². The Bertz CT molecular complexity index is 446. The molecular formula is C15H22N2O2. The molecule has 1 aromatic carbocycles. The zero-order valence-corrected chi connectivity index (χ0v) is 11.6. The van der Waals surface area contributed by atoms with E-state index in [1.54, 1.807) is 12.1 Å². The predicted molar refractivity (Wildman–Crippen MR) is 76.0 cm³/mol. The third-order valence-electron chi connectivity index (χ3n) is 3.37. The SMILES string of the molecule is CC(C)CC1COCCN1C(=O)c1cccc(N)c1. The van der Waals surface area contributed by atoms with Gasteiger partial charge in [0.1, 0.15) is 0 Å². The first-order valence-corrected chi connectivity index (χ1v) is 6.82. The molecule has 0 saturated carbocycles. The molecule has 1 fully saturated rings. The van der Waals surface area contributed by atoms with E-state index in [-0.39, 0.29) is 11.9 Å². The summed E-state index contributed by atoms with van der Waals surface area (Å²) in [7, 11) is 0. The van der Waals surface area contributed by atoms with E-state index in [2.05, 4.69) is 13.8 Å². The third-order valence-corrected chi connectivity index (χ3v) is 3.37. The van der Waals surface area contributed by atoms with Gasteiger partial charge < -0.3 is 15.4 Å². The van der Waals surface area contributed by atoms with Gasteiger partial charge in [-0.15, -0.1) is 0 Å². The van der Waals surface area contributed by atoms with E-state index in [1.165, 1.54) is 0 Å². The van der Waals surface area contributed by atoms with Gasteiger partial charge in [0.15, 0.2) is 0 Å². The molecule has 104 valence electrons. The smallest absolute Gasteiger partial charge is 0.254 e. The van der Waals surface area contributed by atoms with Gasteiger partial charge in [0, 0.05) is 17.8 Å². The molecule has 0 bridgehead atoms. The second-order valence-electron chi connectivity index (χ2n) is 5.48. The first-order chi connectivity index (χ1) is 9.08. The molecule has 0 aromatic heterocycles. The summed E-state index contributed by atoms with van der Waals surface area (Å²) in [5.41, 5.74) is 7.03. The van der Waals surface area contributed by atoms with Crippen molar-refractivity contribution in [3.8, 4) is 0 Å². The maximum absolute atomic E-state index is 12.6. The van der Waals surface area contributed by atoms with Crippen LogP contribution in [0.25, 0.3) is 0 Å². The number of nitrogens with zero attached hydrogens (tertiary/aromatic N) is 1. The number of carbonyl (C=O) groups excluding carboxylic acids is 1. The zero-order chi connectivity index (χ0) is 13.8. The molecule has 0 radical (unpaired) electrons. The third kappa shape index (κ3) is 3.47. The summed E-state index contributed by atoms with van der Waals surface area (Å²) in [6, 6.07) is 7.34. The van der Waals surface area contributed by atoms with E-state index < -0.39 is 0 Å². The Morgan fingerprint density at radius 1 is 1.53 bits per heavy atom. The highest BCUT2D eigenvalue weighted by molar-refractivity contribution is 5.95. The number of anilines is 1. The number of morpholine rings is 1. The van der Waals surface area contributed by atoms with Crippen molar-refractivity contribution in [1.82, 2.24) is 4.90 Å². The highest BCUT2D eigenvalue weighted by Crippen LogP contribution is 2.19. The second kappa shape index (κ2) is 6.06. The molecule has 1 saturated heterocycles. The lowest BCUT2D eigenvalue weighted by atomic mass is 10.0. The molecule has 1 aliphatic rings. The molecule has 2 N–H and O–H groups in total. The predicted octanol–water partition coefficient (Wildman–Crippen LogP) is 2.16. The molecule has 2 rings (SSSR count). The summed E-state index contributed by atoms with van der Waals surface area (Å²) < 4.78 is 5.50. The van der Waals surface area contributed by atoms with Crippen molar-refractivity contribution < 1.29 is 9.53 Å². The van der Waals surface area contributed by atoms with Crippen LogP contribution in [0.2, 0.25) is 0 Å². The maximum atomic E-state index is 12.6. The van der Waals surface area contributed by atoms with Gasteiger partial charge in [-0.25, -0.2) is 0 Å². The molecule has 1 heterocycles. The van der Waals surface area contributed by atoms with Crippen LogP contribution in [0.4, 0.5) is 5.69 Å². The van der Waals surface area contributed by atoms with Crippen LogP contribution < -0.4 is 5.73 Å². The highest BCUT2D eigenvalue weighted by atomic mass is 16.5. The minimum atomic E-state index is 0.0567. The van der Waals surface area contributed by atoms with Crippen molar-refractivity contribution in [3.05, 3.63) is 29.8 Å². The number of hydrogen-bond acceptors (Lipinski definition) is 3. The number of benzene rings is 1. The van der Waals surface area contributed by atoms with Crippen molar-refractivity contribution in [2.75, 3.05) is 25.5 Å². The van der Waals surface area contributed by atoms with Gasteiger partial charge in [-0.05, 0) is 30.5 Å². The largest absolute Gasteiger partial charge is 0.399 e. The van der Waals surface area contributed by atoms with Crippen LogP contribution in [0.3, 0.4) is 0 Å². The lowest BCUT2D eigenvalue weighted by molar-refractivity contribution is -0.00746. The molecule has 1 aromatic rings. The van der Waals surface area contributed by atoms with Gasteiger partial charge >= 0.3 is 0 Å². The lowest BCUT2D eigenvalue weighted by Crippen LogP contribution is -2.49. The fourth-order valence-electron chi connectivity index (χ4n) is 2.50. The molecule has 4 heteroatoms. The average molecular weight is 262 g/mol. The molecule has 1 aliphatic heterocycles. The molecule has 0 spiro atoms. The first-order valence-electron chi connectivity index (χ1n) is 6.82. The number of ether oxygens (including phenoxy) is 1. The Balaban J connectivity index is 2.15. The number of hydrogen-bond donors (Lipinski definition) is 1. The van der Waals surface area contributed by atoms with E-state index in [9.17, 15) is 4.79 Å². The number of nitrogens with two attached hydrogens (primary N) is 1. The van der Waals surface area contributed by atoms with E-state index in [4.69, 9.17) is 10.5 Å². The van der Waals surface area contributed by atoms with Gasteiger partial charge in [0.25, 0.3) is 5.91 Å². The molecule has 19 heavy (non-hydrogen) atoms. The summed E-state index contributed by atoms with van der Waals surface area (Å²) in [6.45, 7) is 6.23. The number of amides is 1. The normalized spacial score (nSPS) is 19.7. The maximum Gasteiger partial charge on any atom is 0.254 e. The highest BCUT2D eigenvalue weighted by Gasteiger charge is 2.28. The van der Waals surface area contributed by atoms with Gasteiger partial charge in [-0.1, -0.05) is 19.9 Å². The molecule has 4 nitrogen and oxygen atoms in total. The van der Waals surface area contributed by atoms with Crippen molar-refractivity contribution >= 4 is 11.6 Å². The van der Waals surface area contributed by atoms with E-state index in [0.29, 0.717) is 36.9 Å². The van der Waals surface area contributed by atoms with Gasteiger partial charge in [0.05, 0.1) is 19.3 Å². The van der Waals surface area contributed by atoms with Crippen molar-refractivity contribution in [2.24, 2.45) is 5.92 Å². The molecule has 0 aliphatic carbocycles. The standard InChI is InChI=1S/C15H22N2O2/c1-11(2)8-14-10-19-7-6-17(14)15(18)12-4-3-5-13(16)9-12/h3-5,9,11,14H,6-8,10,16H2,1-2H3. The van der Waals surface area contributed by atoms with Gasteiger partial charge in [0.2, 0.25) is 0 Å². The average Bonchev–Trinajstić information content (AvgIpc) is 2.38. The minimum absolute atomic E-state index is 0.0567. The van der Waals surface area contributed by atoms with Crippen LogP contribution in [0.5, 0.6) is 0 Å². The van der Waals surface area contributed by atoms with Crippen LogP contribution >= 0.6 is 0 Å². The monoisotopic (exact) mass is 262 g/mol. The van der Waals surface area contributed by atoms with Crippen LogP contribution in [0.15, 0.2) is 24.3 Å². The van der Waals surface area contributed by atoms with Gasteiger partial charge in [-0.3, -0.25) is 4.79 Å². The second-order valence-corrected chi connectivity index (χ2v) is 5.48. The minimum Gasteiger partial charge on any atom is -0.399 e. The summed E-state index contributed by atoms with van der Waals surface area (Å²) in [5.74, 6) is 0.601. The van der Waals surface area contributed by atoms with Crippen molar-refractivity contribution in [3.63, 3.8) is 0 Å². The Labute approximate surface area is 114 Å². The Morgan fingerprint density at radius 3 is 3.00 bits per heavy atom. The molecule has 1 unspecified atom stereocenters. The Kier molecular flexibility index (Phi) is 4.43. The van der Waals surface area contributed by atoms with Crippen LogP contribution in [-0.4, -0.2) is 36.6 Å². The first kappa shape index (κ1) is 13.9. The quantitative estimate of drug-likeness (QED) is 0.849. The van der Waals surface area contributed by atoms with E-state index >= 15 is 0 Å². The summed E-state index contributed by atoms with van der Waals surface area (Å²) in [6.07, 6.45) is 0.966. The number of nitrogen functional groups attached to an aromatic ring is 1. The fraction of sp³-hybridized carbons (Fsp3) is 0.533. The van der Waals surface area contributed by atoms with Crippen LogP contribution in [0.1, 0.15) is 30.6 Å². The topological polar surface area (TPSA) is 55.6 Å². The summed E-state index contributed by atoms with van der Waals surface area (Å²) in [5, 5.41) is 0. The molecule has 1 amide bonds. The number of rotatable bonds is 3. The van der Waals surface area contributed by atoms with E-state index in [0.717, 1.165) is 6.42 Å². The van der Waals surface area contributed by atoms with Crippen LogP contribution in [0, 0.1) is 5.92 Å². The summed E-state index contributed by atoms with van der Waals surface area (Å²) in [4.78, 5) is 14.5. The zero-order valence-electron chi connectivity index (χ0n) is 11.6. The Hall–Kier alpha value is -1.55. The van der Waals surface area contributed by atoms with Crippen LogP contribution in [-0.2, 0) is 4.74 Å². The summed E-state index contributed by atoms with van der Waals surface area (Å²) >= 11 is 0. The van der Waals surface area contributed by atoms with Gasteiger partial charge in [-0.2, -0.15) is 0 Å². The fourth-order valence-corrected chi connectivity index (χ4v) is 2.50. The molecular weight excluding hydrogens is 240 g/mol.